The number of nitro groups is 1. The minimum Gasteiger partial charge on any atom is -0.487 e. The average Bonchev–Trinajstić information content (AvgIpc) is 2.72. The number of nitro benzene ring substituents is 1. The number of rotatable bonds is 9. The van der Waals surface area contributed by atoms with Gasteiger partial charge >= 0.3 is 5.69 Å². The van der Waals surface area contributed by atoms with Gasteiger partial charge in [-0.2, -0.15) is 0 Å². The molecule has 1 aliphatic heterocycles. The molecular formula is C22H33N3O5. The lowest BCUT2D eigenvalue weighted by Crippen LogP contribution is -2.54. The van der Waals surface area contributed by atoms with Crippen LogP contribution in [0.4, 0.5) is 5.69 Å². The zero-order valence-electron chi connectivity index (χ0n) is 17.6. The quantitative estimate of drug-likeness (QED) is 0.320. The van der Waals surface area contributed by atoms with Gasteiger partial charge in [-0.05, 0) is 63.5 Å². The van der Waals surface area contributed by atoms with Gasteiger partial charge in [-0.25, -0.2) is 0 Å². The van der Waals surface area contributed by atoms with Crippen LogP contribution in [0.5, 0.6) is 5.75 Å². The number of carbonyl (C=O) groups is 1. The highest BCUT2D eigenvalue weighted by atomic mass is 16.6. The van der Waals surface area contributed by atoms with Crippen molar-refractivity contribution in [2.24, 2.45) is 17.6 Å². The summed E-state index contributed by atoms with van der Waals surface area (Å²) in [5, 5.41) is 24.9. The summed E-state index contributed by atoms with van der Waals surface area (Å²) in [7, 11) is 0. The van der Waals surface area contributed by atoms with E-state index in [1.807, 2.05) is 0 Å². The van der Waals surface area contributed by atoms with Gasteiger partial charge in [0.05, 0.1) is 29.1 Å². The Labute approximate surface area is 177 Å². The van der Waals surface area contributed by atoms with E-state index in [1.165, 1.54) is 44.7 Å². The van der Waals surface area contributed by atoms with Gasteiger partial charge in [-0.3, -0.25) is 14.9 Å². The van der Waals surface area contributed by atoms with Gasteiger partial charge in [-0.1, -0.05) is 18.9 Å². The molecule has 0 spiro atoms. The van der Waals surface area contributed by atoms with Crippen molar-refractivity contribution >= 4 is 11.6 Å². The van der Waals surface area contributed by atoms with Gasteiger partial charge in [-0.15, -0.1) is 0 Å². The van der Waals surface area contributed by atoms with Crippen LogP contribution in [-0.2, 0) is 4.79 Å². The molecule has 5 atom stereocenters. The van der Waals surface area contributed by atoms with Crippen LogP contribution < -0.4 is 15.8 Å². The van der Waals surface area contributed by atoms with Gasteiger partial charge in [0.25, 0.3) is 0 Å². The first-order valence-electron chi connectivity index (χ1n) is 11.0. The summed E-state index contributed by atoms with van der Waals surface area (Å²) < 4.78 is 5.67. The molecule has 4 N–H and O–H groups in total. The van der Waals surface area contributed by atoms with Crippen molar-refractivity contribution in [2.75, 3.05) is 6.61 Å². The molecule has 1 aromatic rings. The molecule has 1 amide bonds. The molecular weight excluding hydrogens is 386 g/mol. The molecule has 2 aliphatic rings. The number of aliphatic hydroxyl groups is 1. The van der Waals surface area contributed by atoms with Crippen molar-refractivity contribution in [3.05, 3.63) is 33.9 Å². The molecule has 30 heavy (non-hydrogen) atoms. The SMILES string of the molecule is CC(O)c1cccc(OCCCC(C(N)=O)C2CCC3CCCCC3N2)c1[N+](=O)[O-]. The topological polar surface area (TPSA) is 128 Å². The fraction of sp³-hybridized carbons (Fsp3) is 0.682. The van der Waals surface area contributed by atoms with Gasteiger partial charge in [0.2, 0.25) is 5.91 Å². The second-order valence-electron chi connectivity index (χ2n) is 8.63. The van der Waals surface area contributed by atoms with E-state index < -0.39 is 11.0 Å². The van der Waals surface area contributed by atoms with Crippen LogP contribution in [0, 0.1) is 22.0 Å². The van der Waals surface area contributed by atoms with E-state index in [4.69, 9.17) is 10.5 Å². The molecule has 8 heteroatoms. The molecule has 5 unspecified atom stereocenters. The van der Waals surface area contributed by atoms with E-state index in [1.54, 1.807) is 6.07 Å². The van der Waals surface area contributed by atoms with E-state index >= 15 is 0 Å². The molecule has 1 aromatic carbocycles. The molecule has 3 rings (SSSR count). The lowest BCUT2D eigenvalue weighted by atomic mass is 9.75. The molecule has 0 radical (unpaired) electrons. The van der Waals surface area contributed by atoms with Crippen LogP contribution in [0.1, 0.15) is 70.0 Å². The Morgan fingerprint density at radius 1 is 1.33 bits per heavy atom. The highest BCUT2D eigenvalue weighted by Gasteiger charge is 2.36. The molecule has 1 saturated heterocycles. The summed E-state index contributed by atoms with van der Waals surface area (Å²) in [5.74, 6) is 0.280. The minimum atomic E-state index is -0.964. The third kappa shape index (κ3) is 5.29. The van der Waals surface area contributed by atoms with Crippen LogP contribution in [0.3, 0.4) is 0 Å². The number of hydrogen-bond donors (Lipinski definition) is 3. The minimum absolute atomic E-state index is 0.0924. The second kappa shape index (κ2) is 10.2. The molecule has 8 nitrogen and oxygen atoms in total. The highest BCUT2D eigenvalue weighted by molar-refractivity contribution is 5.77. The third-order valence-electron chi connectivity index (χ3n) is 6.62. The Morgan fingerprint density at radius 2 is 2.10 bits per heavy atom. The Kier molecular flexibility index (Phi) is 7.66. The maximum absolute atomic E-state index is 12.1. The van der Waals surface area contributed by atoms with Crippen molar-refractivity contribution in [1.29, 1.82) is 0 Å². The molecule has 2 fully saturated rings. The molecule has 166 valence electrons. The fourth-order valence-corrected chi connectivity index (χ4v) is 5.06. The van der Waals surface area contributed by atoms with Gasteiger partial charge < -0.3 is 20.9 Å². The van der Waals surface area contributed by atoms with Crippen LogP contribution in [0.25, 0.3) is 0 Å². The highest BCUT2D eigenvalue weighted by Crippen LogP contribution is 2.36. The first kappa shape index (κ1) is 22.5. The van der Waals surface area contributed by atoms with E-state index in [-0.39, 0.29) is 41.5 Å². The number of aliphatic hydroxyl groups excluding tert-OH is 1. The largest absolute Gasteiger partial charge is 0.487 e. The second-order valence-corrected chi connectivity index (χ2v) is 8.63. The smallest absolute Gasteiger partial charge is 0.316 e. The number of ether oxygens (including phenoxy) is 1. The molecule has 1 heterocycles. The number of carbonyl (C=O) groups excluding carboxylic acids is 1. The van der Waals surface area contributed by atoms with E-state index in [2.05, 4.69) is 5.32 Å². The van der Waals surface area contributed by atoms with Crippen molar-refractivity contribution in [2.45, 2.75) is 76.5 Å². The molecule has 0 aromatic heterocycles. The lowest BCUT2D eigenvalue weighted by molar-refractivity contribution is -0.387. The number of nitrogens with one attached hydrogen (secondary N) is 1. The van der Waals surface area contributed by atoms with Crippen molar-refractivity contribution in [3.8, 4) is 5.75 Å². The number of piperidine rings is 1. The monoisotopic (exact) mass is 419 g/mol. The third-order valence-corrected chi connectivity index (χ3v) is 6.62. The van der Waals surface area contributed by atoms with Crippen molar-refractivity contribution < 1.29 is 19.6 Å². The van der Waals surface area contributed by atoms with E-state index in [0.29, 0.717) is 24.8 Å². The zero-order chi connectivity index (χ0) is 21.7. The van der Waals surface area contributed by atoms with Gasteiger partial charge in [0, 0.05) is 12.1 Å². The fourth-order valence-electron chi connectivity index (χ4n) is 5.06. The van der Waals surface area contributed by atoms with Crippen LogP contribution in [0.2, 0.25) is 0 Å². The number of para-hydroxylation sites is 1. The lowest BCUT2D eigenvalue weighted by Gasteiger charge is -2.42. The van der Waals surface area contributed by atoms with Crippen molar-refractivity contribution in [3.63, 3.8) is 0 Å². The normalized spacial score (nSPS) is 25.7. The number of fused-ring (bicyclic) bond motifs is 1. The van der Waals surface area contributed by atoms with Crippen LogP contribution in [-0.4, -0.2) is 34.6 Å². The maximum atomic E-state index is 12.1. The summed E-state index contributed by atoms with van der Waals surface area (Å²) in [4.78, 5) is 23.0. The summed E-state index contributed by atoms with van der Waals surface area (Å²) in [6.07, 6.45) is 7.24. The Balaban J connectivity index is 1.56. The summed E-state index contributed by atoms with van der Waals surface area (Å²) in [5.41, 5.74) is 5.72. The zero-order valence-corrected chi connectivity index (χ0v) is 17.6. The summed E-state index contributed by atoms with van der Waals surface area (Å²) >= 11 is 0. The van der Waals surface area contributed by atoms with Gasteiger partial charge in [0.15, 0.2) is 5.75 Å². The van der Waals surface area contributed by atoms with Crippen molar-refractivity contribution in [1.82, 2.24) is 5.32 Å². The van der Waals surface area contributed by atoms with E-state index in [0.717, 1.165) is 12.8 Å². The Morgan fingerprint density at radius 3 is 2.80 bits per heavy atom. The predicted molar refractivity (Wildman–Crippen MR) is 113 cm³/mol. The molecule has 1 aliphatic carbocycles. The Bertz CT molecular complexity index is 754. The summed E-state index contributed by atoms with van der Waals surface area (Å²) in [6.45, 7) is 1.73. The number of amides is 1. The van der Waals surface area contributed by atoms with Gasteiger partial charge in [0.1, 0.15) is 0 Å². The number of nitrogens with two attached hydrogens (primary N) is 1. The maximum Gasteiger partial charge on any atom is 0.316 e. The van der Waals surface area contributed by atoms with Crippen LogP contribution in [0.15, 0.2) is 18.2 Å². The van der Waals surface area contributed by atoms with E-state index in [9.17, 15) is 20.0 Å². The number of benzene rings is 1. The Hall–Kier alpha value is -2.19. The molecule has 0 bridgehead atoms. The average molecular weight is 420 g/mol. The first-order valence-corrected chi connectivity index (χ1v) is 11.0. The van der Waals surface area contributed by atoms with Crippen LogP contribution >= 0.6 is 0 Å². The predicted octanol–water partition coefficient (Wildman–Crippen LogP) is 3.22. The number of primary amides is 1. The first-order chi connectivity index (χ1) is 14.4. The summed E-state index contributed by atoms with van der Waals surface area (Å²) in [6, 6.07) is 5.26. The standard InChI is InChI=1S/C22H33N3O5/c1-14(26)16-7-4-10-20(21(16)25(28)29)30-13-5-8-17(22(23)27)19-12-11-15-6-2-3-9-18(15)24-19/h4,7,10,14-15,17-19,24,26H,2-3,5-6,8-9,11-13H2,1H3,(H2,23,27). The molecule has 1 saturated carbocycles. The number of nitrogens with zero attached hydrogens (tertiary/aromatic N) is 1. The number of hydrogen-bond acceptors (Lipinski definition) is 6.